The van der Waals surface area contributed by atoms with E-state index in [9.17, 15) is 4.79 Å². The summed E-state index contributed by atoms with van der Waals surface area (Å²) in [6, 6.07) is 23.3. The van der Waals surface area contributed by atoms with E-state index < -0.39 is 0 Å². The number of rotatable bonds is 7. The third-order valence-electron chi connectivity index (χ3n) is 4.82. The zero-order chi connectivity index (χ0) is 20.9. The molecule has 0 fully saturated rings. The standard InChI is InChI=1S/C24H22N2O3S/c1-17-7-3-4-8-18(17)15-26-22-10-6-5-9-21(22)25-24(26)30-16-23(27)29-20-13-11-19(28-2)12-14-20/h3-14H,15-16H2,1-2H3. The first-order chi connectivity index (χ1) is 14.6. The topological polar surface area (TPSA) is 53.4 Å². The van der Waals surface area contributed by atoms with Gasteiger partial charge < -0.3 is 14.0 Å². The Morgan fingerprint density at radius 1 is 0.967 bits per heavy atom. The fraction of sp³-hybridized carbons (Fsp3) is 0.167. The molecule has 5 nitrogen and oxygen atoms in total. The number of nitrogens with zero attached hydrogens (tertiary/aromatic N) is 2. The van der Waals surface area contributed by atoms with Crippen molar-refractivity contribution in [2.75, 3.05) is 12.9 Å². The summed E-state index contributed by atoms with van der Waals surface area (Å²) in [7, 11) is 1.60. The van der Waals surface area contributed by atoms with E-state index in [2.05, 4.69) is 29.7 Å². The lowest BCUT2D eigenvalue weighted by Crippen LogP contribution is -2.12. The number of aromatic nitrogens is 2. The van der Waals surface area contributed by atoms with Gasteiger partial charge in [0.15, 0.2) is 5.16 Å². The molecule has 3 aromatic carbocycles. The van der Waals surface area contributed by atoms with Gasteiger partial charge in [0.2, 0.25) is 0 Å². The Morgan fingerprint density at radius 3 is 2.43 bits per heavy atom. The Labute approximate surface area is 179 Å². The van der Waals surface area contributed by atoms with E-state index >= 15 is 0 Å². The van der Waals surface area contributed by atoms with Crippen molar-refractivity contribution in [3.8, 4) is 11.5 Å². The molecule has 0 aliphatic heterocycles. The van der Waals surface area contributed by atoms with Gasteiger partial charge in [-0.1, -0.05) is 48.2 Å². The minimum atomic E-state index is -0.320. The van der Waals surface area contributed by atoms with Gasteiger partial charge in [0.05, 0.1) is 30.4 Å². The van der Waals surface area contributed by atoms with E-state index in [4.69, 9.17) is 14.5 Å². The van der Waals surface area contributed by atoms with Crippen LogP contribution < -0.4 is 9.47 Å². The maximum absolute atomic E-state index is 12.4. The minimum absolute atomic E-state index is 0.170. The molecule has 4 rings (SSSR count). The number of methoxy groups -OCH3 is 1. The molecular formula is C24H22N2O3S. The van der Waals surface area contributed by atoms with Crippen molar-refractivity contribution in [3.05, 3.63) is 83.9 Å². The number of aryl methyl sites for hydroxylation is 1. The highest BCUT2D eigenvalue weighted by molar-refractivity contribution is 7.99. The van der Waals surface area contributed by atoms with E-state index in [0.29, 0.717) is 18.0 Å². The van der Waals surface area contributed by atoms with Crippen LogP contribution in [0, 0.1) is 6.92 Å². The lowest BCUT2D eigenvalue weighted by Gasteiger charge is -2.11. The third-order valence-corrected chi connectivity index (χ3v) is 5.77. The Hall–Kier alpha value is -3.25. The van der Waals surface area contributed by atoms with E-state index in [1.807, 2.05) is 30.3 Å². The molecule has 0 atom stereocenters. The molecule has 1 aromatic heterocycles. The van der Waals surface area contributed by atoms with Crippen LogP contribution in [-0.4, -0.2) is 28.4 Å². The number of imidazole rings is 1. The Balaban J connectivity index is 1.51. The van der Waals surface area contributed by atoms with Crippen LogP contribution >= 0.6 is 11.8 Å². The number of benzene rings is 3. The van der Waals surface area contributed by atoms with Gasteiger partial charge in [0.25, 0.3) is 0 Å². The minimum Gasteiger partial charge on any atom is -0.497 e. The van der Waals surface area contributed by atoms with E-state index in [1.54, 1.807) is 31.4 Å². The van der Waals surface area contributed by atoms with Crippen molar-refractivity contribution >= 4 is 28.8 Å². The molecule has 0 radical (unpaired) electrons. The van der Waals surface area contributed by atoms with Crippen LogP contribution in [0.25, 0.3) is 11.0 Å². The summed E-state index contributed by atoms with van der Waals surface area (Å²) in [6.07, 6.45) is 0. The van der Waals surface area contributed by atoms with Gasteiger partial charge >= 0.3 is 5.97 Å². The lowest BCUT2D eigenvalue weighted by atomic mass is 10.1. The summed E-state index contributed by atoms with van der Waals surface area (Å²) in [5, 5.41) is 0.797. The first kappa shape index (κ1) is 20.0. The van der Waals surface area contributed by atoms with Gasteiger partial charge in [-0.2, -0.15) is 0 Å². The molecule has 4 aromatic rings. The highest BCUT2D eigenvalue weighted by Gasteiger charge is 2.15. The highest BCUT2D eigenvalue weighted by Crippen LogP contribution is 2.26. The number of hydrogen-bond donors (Lipinski definition) is 0. The molecule has 1 heterocycles. The number of fused-ring (bicyclic) bond motifs is 1. The molecule has 0 aliphatic carbocycles. The van der Waals surface area contributed by atoms with Crippen molar-refractivity contribution in [1.82, 2.24) is 9.55 Å². The maximum Gasteiger partial charge on any atom is 0.321 e. The smallest absolute Gasteiger partial charge is 0.321 e. The Morgan fingerprint density at radius 2 is 1.67 bits per heavy atom. The summed E-state index contributed by atoms with van der Waals surface area (Å²) in [5.41, 5.74) is 4.41. The van der Waals surface area contributed by atoms with Crippen LogP contribution in [0.3, 0.4) is 0 Å². The Bertz CT molecular complexity index is 1170. The van der Waals surface area contributed by atoms with Crippen molar-refractivity contribution in [2.24, 2.45) is 0 Å². The molecule has 0 aliphatic rings. The Kier molecular flexibility index (Phi) is 6.05. The van der Waals surface area contributed by atoms with Crippen LogP contribution in [-0.2, 0) is 11.3 Å². The van der Waals surface area contributed by atoms with Gasteiger partial charge in [0.1, 0.15) is 11.5 Å². The third kappa shape index (κ3) is 4.49. The molecule has 0 saturated heterocycles. The second-order valence-corrected chi connectivity index (χ2v) is 7.78. The summed E-state index contributed by atoms with van der Waals surface area (Å²) in [4.78, 5) is 17.1. The zero-order valence-electron chi connectivity index (χ0n) is 16.9. The molecule has 0 amide bonds. The number of carbonyl (C=O) groups excluding carboxylic acids is 1. The van der Waals surface area contributed by atoms with Gasteiger partial charge in [-0.3, -0.25) is 4.79 Å². The summed E-state index contributed by atoms with van der Waals surface area (Å²) < 4.78 is 12.7. The SMILES string of the molecule is COc1ccc(OC(=O)CSc2nc3ccccc3n2Cc2ccccc2C)cc1. The van der Waals surface area contributed by atoms with Crippen LogP contribution in [0.4, 0.5) is 0 Å². The highest BCUT2D eigenvalue weighted by atomic mass is 32.2. The first-order valence-corrected chi connectivity index (χ1v) is 10.6. The largest absolute Gasteiger partial charge is 0.497 e. The first-order valence-electron chi connectivity index (χ1n) is 9.61. The summed E-state index contributed by atoms with van der Waals surface area (Å²) in [5.74, 6) is 1.06. The fourth-order valence-corrected chi connectivity index (χ4v) is 3.99. The maximum atomic E-state index is 12.4. The van der Waals surface area contributed by atoms with Gasteiger partial charge in [0, 0.05) is 0 Å². The lowest BCUT2D eigenvalue weighted by molar-refractivity contribution is -0.131. The number of carbonyl (C=O) groups is 1. The number of hydrogen-bond acceptors (Lipinski definition) is 5. The quantitative estimate of drug-likeness (QED) is 0.237. The zero-order valence-corrected chi connectivity index (χ0v) is 17.7. The summed E-state index contributed by atoms with van der Waals surface area (Å²) in [6.45, 7) is 2.80. The predicted octanol–water partition coefficient (Wildman–Crippen LogP) is 5.10. The predicted molar refractivity (Wildman–Crippen MR) is 119 cm³/mol. The molecule has 6 heteroatoms. The average molecular weight is 419 g/mol. The molecule has 0 N–H and O–H groups in total. The normalized spacial score (nSPS) is 10.9. The van der Waals surface area contributed by atoms with E-state index in [1.165, 1.54) is 22.9 Å². The summed E-state index contributed by atoms with van der Waals surface area (Å²) >= 11 is 1.39. The molecule has 0 saturated carbocycles. The van der Waals surface area contributed by atoms with E-state index in [-0.39, 0.29) is 11.7 Å². The van der Waals surface area contributed by atoms with Gasteiger partial charge in [-0.05, 0) is 54.4 Å². The van der Waals surface area contributed by atoms with Crippen molar-refractivity contribution < 1.29 is 14.3 Å². The molecule has 30 heavy (non-hydrogen) atoms. The van der Waals surface area contributed by atoms with Gasteiger partial charge in [-0.15, -0.1) is 0 Å². The fourth-order valence-electron chi connectivity index (χ4n) is 3.20. The molecule has 0 bridgehead atoms. The van der Waals surface area contributed by atoms with Crippen LogP contribution in [0.1, 0.15) is 11.1 Å². The molecule has 0 unspecified atom stereocenters. The van der Waals surface area contributed by atoms with Crippen LogP contribution in [0.15, 0.2) is 78.0 Å². The number of ether oxygens (including phenoxy) is 2. The second-order valence-electron chi connectivity index (χ2n) is 6.83. The number of para-hydroxylation sites is 2. The molecule has 152 valence electrons. The van der Waals surface area contributed by atoms with Crippen LogP contribution in [0.5, 0.6) is 11.5 Å². The monoisotopic (exact) mass is 418 g/mol. The van der Waals surface area contributed by atoms with Crippen LogP contribution in [0.2, 0.25) is 0 Å². The number of thioether (sulfide) groups is 1. The van der Waals surface area contributed by atoms with Gasteiger partial charge in [-0.25, -0.2) is 4.98 Å². The number of esters is 1. The molecule has 0 spiro atoms. The van der Waals surface area contributed by atoms with Crippen molar-refractivity contribution in [3.63, 3.8) is 0 Å². The van der Waals surface area contributed by atoms with Crippen molar-refractivity contribution in [1.29, 1.82) is 0 Å². The average Bonchev–Trinajstić information content (AvgIpc) is 3.12. The second kappa shape index (κ2) is 9.05. The molecular weight excluding hydrogens is 396 g/mol. The van der Waals surface area contributed by atoms with Crippen molar-refractivity contribution in [2.45, 2.75) is 18.6 Å². The van der Waals surface area contributed by atoms with E-state index in [0.717, 1.165) is 16.2 Å².